The van der Waals surface area contributed by atoms with Gasteiger partial charge in [-0.1, -0.05) is 369 Å². The van der Waals surface area contributed by atoms with Gasteiger partial charge in [0.25, 0.3) is 0 Å². The van der Waals surface area contributed by atoms with Crippen LogP contribution in [-0.4, -0.2) is 74.9 Å². The van der Waals surface area contributed by atoms with Crippen LogP contribution in [0.4, 0.5) is 0 Å². The first-order valence-corrected chi connectivity index (χ1v) is 40.2. The van der Waals surface area contributed by atoms with E-state index in [1.807, 2.05) is 21.1 Å². The molecule has 0 heterocycles. The Morgan fingerprint density at radius 2 is 0.633 bits per heavy atom. The largest absolute Gasteiger partial charge is 0.472 e. The summed E-state index contributed by atoms with van der Waals surface area (Å²) in [5.74, 6) is -0.775. The van der Waals surface area contributed by atoms with Crippen LogP contribution in [0.5, 0.6) is 0 Å². The van der Waals surface area contributed by atoms with Gasteiger partial charge in [-0.15, -0.1) is 0 Å². The van der Waals surface area contributed by atoms with E-state index in [1.165, 1.54) is 270 Å². The van der Waals surface area contributed by atoms with Crippen molar-refractivity contribution in [1.29, 1.82) is 0 Å². The number of rotatable bonds is 72. The second-order valence-electron chi connectivity index (χ2n) is 27.4. The number of esters is 2. The molecule has 0 fully saturated rings. The van der Waals surface area contributed by atoms with Crippen molar-refractivity contribution >= 4 is 19.8 Å². The fourth-order valence-electron chi connectivity index (χ4n) is 11.4. The second kappa shape index (κ2) is 70.8. The Bertz CT molecular complexity index is 1750. The third kappa shape index (κ3) is 74.5. The summed E-state index contributed by atoms with van der Waals surface area (Å²) in [7, 11) is 1.50. The number of carbonyl (C=O) groups is 2. The Hall–Kier alpha value is -2.55. The average molecular weight is 1280 g/mol. The summed E-state index contributed by atoms with van der Waals surface area (Å²) in [6.07, 6.45) is 96.1. The molecule has 0 rings (SSSR count). The molecule has 0 aromatic carbocycles. The lowest BCUT2D eigenvalue weighted by Gasteiger charge is -2.24. The van der Waals surface area contributed by atoms with Crippen molar-refractivity contribution in [3.63, 3.8) is 0 Å². The highest BCUT2D eigenvalue weighted by Crippen LogP contribution is 2.43. The molecule has 0 aliphatic rings. The van der Waals surface area contributed by atoms with Crippen molar-refractivity contribution in [2.45, 2.75) is 380 Å². The predicted molar refractivity (Wildman–Crippen MR) is 390 cm³/mol. The second-order valence-corrected chi connectivity index (χ2v) is 28.8. The molecule has 0 spiro atoms. The number of nitrogens with zero attached hydrogens (tertiary/aromatic N) is 1. The van der Waals surface area contributed by atoms with E-state index in [2.05, 4.69) is 86.8 Å². The number of hydrogen-bond acceptors (Lipinski definition) is 7. The quantitative estimate of drug-likeness (QED) is 0.0211. The van der Waals surface area contributed by atoms with Crippen LogP contribution in [0.3, 0.4) is 0 Å². The molecule has 90 heavy (non-hydrogen) atoms. The molecule has 2 unspecified atom stereocenters. The number of ether oxygens (including phenoxy) is 2. The van der Waals surface area contributed by atoms with Gasteiger partial charge in [0.05, 0.1) is 27.7 Å². The summed E-state index contributed by atoms with van der Waals surface area (Å²) in [6, 6.07) is 0. The van der Waals surface area contributed by atoms with Crippen LogP contribution in [0, 0.1) is 0 Å². The van der Waals surface area contributed by atoms with Crippen molar-refractivity contribution < 1.29 is 42.1 Å². The van der Waals surface area contributed by atoms with Crippen molar-refractivity contribution in [3.8, 4) is 0 Å². The molecule has 0 bridgehead atoms. The van der Waals surface area contributed by atoms with Crippen LogP contribution in [0.15, 0.2) is 72.9 Å². The van der Waals surface area contributed by atoms with Gasteiger partial charge >= 0.3 is 19.8 Å². The maximum atomic E-state index is 12.9. The number of unbranched alkanes of at least 4 members (excludes halogenated alkanes) is 46. The van der Waals surface area contributed by atoms with Gasteiger partial charge in [-0.3, -0.25) is 18.6 Å². The Labute approximate surface area is 559 Å². The molecule has 0 aromatic rings. The first-order valence-electron chi connectivity index (χ1n) is 38.7. The monoisotopic (exact) mass is 1280 g/mol. The molecule has 0 aromatic heterocycles. The molecule has 0 radical (unpaired) electrons. The van der Waals surface area contributed by atoms with Gasteiger partial charge < -0.3 is 18.9 Å². The number of allylic oxidation sites excluding steroid dienone is 12. The third-order valence-corrected chi connectivity index (χ3v) is 18.2. The van der Waals surface area contributed by atoms with Crippen LogP contribution in [0.1, 0.15) is 373 Å². The van der Waals surface area contributed by atoms with E-state index in [9.17, 15) is 19.0 Å². The molecule has 0 amide bonds. The van der Waals surface area contributed by atoms with Crippen LogP contribution in [0.2, 0.25) is 0 Å². The van der Waals surface area contributed by atoms with E-state index < -0.39 is 26.5 Å². The van der Waals surface area contributed by atoms with Gasteiger partial charge in [0.15, 0.2) is 6.10 Å². The molecule has 526 valence electrons. The smallest absolute Gasteiger partial charge is 0.462 e. The zero-order chi connectivity index (χ0) is 65.5. The summed E-state index contributed by atoms with van der Waals surface area (Å²) in [5, 5.41) is 0. The van der Waals surface area contributed by atoms with E-state index in [0.29, 0.717) is 23.9 Å². The number of hydrogen-bond donors (Lipinski definition) is 1. The Kier molecular flexibility index (Phi) is 68.8. The minimum atomic E-state index is -4.39. The molecular weight excluding hydrogens is 1130 g/mol. The third-order valence-electron chi connectivity index (χ3n) is 17.3. The average Bonchev–Trinajstić information content (AvgIpc) is 3.58. The molecule has 9 nitrogen and oxygen atoms in total. The van der Waals surface area contributed by atoms with Gasteiger partial charge in [0.2, 0.25) is 0 Å². The van der Waals surface area contributed by atoms with E-state index >= 15 is 0 Å². The van der Waals surface area contributed by atoms with E-state index in [4.69, 9.17) is 18.5 Å². The highest BCUT2D eigenvalue weighted by molar-refractivity contribution is 7.47. The molecular formula is C80H149NO8P+. The predicted octanol–water partition coefficient (Wildman–Crippen LogP) is 25.5. The van der Waals surface area contributed by atoms with Gasteiger partial charge in [-0.25, -0.2) is 4.57 Å². The van der Waals surface area contributed by atoms with Crippen molar-refractivity contribution in [3.05, 3.63) is 72.9 Å². The molecule has 0 saturated carbocycles. The fourth-order valence-corrected chi connectivity index (χ4v) is 12.1. The van der Waals surface area contributed by atoms with Crippen molar-refractivity contribution in [2.75, 3.05) is 47.5 Å². The SMILES string of the molecule is CC/C=C\C/C=C\C/C=C\C/C=C\C/C=C\C/C=C\CCCCCCCCCCCCCCCCCCCCCCC(=O)OC(COC(=O)CCCCCCCCCCCCCCCCCCCCCCCCCCCCC)COP(=O)(O)OCC[N+](C)(C)C. The van der Waals surface area contributed by atoms with E-state index in [1.54, 1.807) is 0 Å². The van der Waals surface area contributed by atoms with Gasteiger partial charge in [-0.2, -0.15) is 0 Å². The van der Waals surface area contributed by atoms with Crippen molar-refractivity contribution in [1.82, 2.24) is 0 Å². The maximum Gasteiger partial charge on any atom is 0.472 e. The summed E-state index contributed by atoms with van der Waals surface area (Å²) >= 11 is 0. The number of likely N-dealkylation sites (N-methyl/N-ethyl adjacent to an activating group) is 1. The normalized spacial score (nSPS) is 13.4. The summed E-state index contributed by atoms with van der Waals surface area (Å²) in [6.45, 7) is 4.39. The highest BCUT2D eigenvalue weighted by atomic mass is 31.2. The first-order chi connectivity index (χ1) is 44.0. The molecule has 2 atom stereocenters. The van der Waals surface area contributed by atoms with Gasteiger partial charge in [0, 0.05) is 12.8 Å². The van der Waals surface area contributed by atoms with Crippen LogP contribution >= 0.6 is 7.82 Å². The molecule has 10 heteroatoms. The van der Waals surface area contributed by atoms with Gasteiger partial charge in [-0.05, 0) is 64.2 Å². The minimum absolute atomic E-state index is 0.0337. The zero-order valence-corrected chi connectivity index (χ0v) is 61.0. The Balaban J connectivity index is 3.94. The number of quaternary nitrogens is 1. The zero-order valence-electron chi connectivity index (χ0n) is 60.1. The molecule has 0 saturated heterocycles. The maximum absolute atomic E-state index is 12.9. The van der Waals surface area contributed by atoms with E-state index in [0.717, 1.165) is 70.6 Å². The topological polar surface area (TPSA) is 108 Å². The summed E-state index contributed by atoms with van der Waals surface area (Å²) in [5.41, 5.74) is 0. The summed E-state index contributed by atoms with van der Waals surface area (Å²) in [4.78, 5) is 35.9. The highest BCUT2D eigenvalue weighted by Gasteiger charge is 2.27. The number of carbonyl (C=O) groups excluding carboxylic acids is 2. The van der Waals surface area contributed by atoms with Crippen LogP contribution in [-0.2, 0) is 32.7 Å². The standard InChI is InChI=1S/C80H148NO8P/c1-6-8-10-12-14-16-18-20-22-24-26-28-30-32-34-35-36-37-38-39-40-41-42-43-44-45-47-49-51-53-55-57-59-61-63-65-67-69-71-73-80(83)89-78(77-88-90(84,85)87-75-74-81(3,4)5)76-86-79(82)72-70-68-66-64-62-60-58-56-54-52-50-48-46-33-31-29-27-25-23-21-19-17-15-13-11-9-7-2/h8,10,14,16,20,22,26,28,32,34,36-37,78H,6-7,9,11-13,15,17-19,21,23-25,27,29-31,33,35,38-77H2,1-5H3/p+1/b10-8-,16-14-,22-20-,28-26-,34-32-,37-36-. The molecule has 0 aliphatic carbocycles. The van der Waals surface area contributed by atoms with Crippen molar-refractivity contribution in [2.24, 2.45) is 0 Å². The fraction of sp³-hybridized carbons (Fsp3) is 0.825. The van der Waals surface area contributed by atoms with E-state index in [-0.39, 0.29) is 25.6 Å². The van der Waals surface area contributed by atoms with Crippen LogP contribution < -0.4 is 0 Å². The Morgan fingerprint density at radius 3 is 0.944 bits per heavy atom. The van der Waals surface area contributed by atoms with Gasteiger partial charge in [0.1, 0.15) is 19.8 Å². The lowest BCUT2D eigenvalue weighted by molar-refractivity contribution is -0.870. The molecule has 0 aliphatic heterocycles. The lowest BCUT2D eigenvalue weighted by Crippen LogP contribution is -2.37. The lowest BCUT2D eigenvalue weighted by atomic mass is 10.0. The minimum Gasteiger partial charge on any atom is -0.462 e. The van der Waals surface area contributed by atoms with Crippen LogP contribution in [0.25, 0.3) is 0 Å². The summed E-state index contributed by atoms with van der Waals surface area (Å²) < 4.78 is 34.8. The first kappa shape index (κ1) is 87.5. The number of phosphoric acid groups is 1. The Morgan fingerprint density at radius 1 is 0.356 bits per heavy atom. The molecule has 1 N–H and O–H groups in total. The number of phosphoric ester groups is 1.